The smallest absolute Gasteiger partial charge is 0.261 e. The zero-order valence-electron chi connectivity index (χ0n) is 19.5. The van der Waals surface area contributed by atoms with Crippen molar-refractivity contribution in [2.24, 2.45) is 0 Å². The van der Waals surface area contributed by atoms with E-state index in [4.69, 9.17) is 14.6 Å². The molecule has 2 aromatic heterocycles. The molecule has 7 nitrogen and oxygen atoms in total. The first-order chi connectivity index (χ1) is 15.5. The Kier molecular flexibility index (Phi) is 6.56. The normalized spacial score (nSPS) is 30.6. The number of amides is 1. The molecule has 2 unspecified atom stereocenters. The molecule has 0 radical (unpaired) electrons. The van der Waals surface area contributed by atoms with E-state index in [1.54, 1.807) is 11.3 Å². The van der Waals surface area contributed by atoms with Gasteiger partial charge in [0.2, 0.25) is 0 Å². The molecule has 0 bridgehead atoms. The Balaban J connectivity index is 1.20. The topological polar surface area (TPSA) is 68.6 Å². The van der Waals surface area contributed by atoms with Gasteiger partial charge in [-0.2, -0.15) is 5.10 Å². The van der Waals surface area contributed by atoms with Crippen molar-refractivity contribution in [3.63, 3.8) is 0 Å². The van der Waals surface area contributed by atoms with Gasteiger partial charge in [-0.05, 0) is 65.4 Å². The highest BCUT2D eigenvalue weighted by molar-refractivity contribution is 7.20. The minimum atomic E-state index is 0.0706. The predicted molar refractivity (Wildman–Crippen MR) is 127 cm³/mol. The van der Waals surface area contributed by atoms with E-state index >= 15 is 0 Å². The number of fused-ring (bicyclic) bond motifs is 1. The lowest BCUT2D eigenvalue weighted by atomic mass is 9.89. The number of carbonyl (C=O) groups excluding carboxylic acids is 1. The van der Waals surface area contributed by atoms with Crippen LogP contribution in [0.5, 0.6) is 0 Å². The predicted octanol–water partition coefficient (Wildman–Crippen LogP) is 3.91. The van der Waals surface area contributed by atoms with Crippen molar-refractivity contribution in [1.29, 1.82) is 0 Å². The van der Waals surface area contributed by atoms with Gasteiger partial charge in [-0.3, -0.25) is 14.4 Å². The molecule has 5 rings (SSSR count). The molecule has 176 valence electrons. The molecule has 1 saturated carbocycles. The summed E-state index contributed by atoms with van der Waals surface area (Å²) in [6.07, 6.45) is 6.99. The zero-order valence-corrected chi connectivity index (χ0v) is 20.3. The quantitative estimate of drug-likeness (QED) is 0.749. The summed E-state index contributed by atoms with van der Waals surface area (Å²) in [6.45, 7) is 10.0. The molecule has 32 heavy (non-hydrogen) atoms. The van der Waals surface area contributed by atoms with Gasteiger partial charge in [0.05, 0.1) is 28.8 Å². The maximum absolute atomic E-state index is 13.1. The van der Waals surface area contributed by atoms with Crippen LogP contribution in [-0.2, 0) is 9.47 Å². The van der Waals surface area contributed by atoms with Crippen molar-refractivity contribution < 1.29 is 14.3 Å². The van der Waals surface area contributed by atoms with Gasteiger partial charge in [-0.15, -0.1) is 11.3 Å². The van der Waals surface area contributed by atoms with E-state index in [1.165, 1.54) is 0 Å². The Morgan fingerprint density at radius 1 is 1.06 bits per heavy atom. The van der Waals surface area contributed by atoms with Crippen LogP contribution in [0, 0.1) is 6.92 Å². The van der Waals surface area contributed by atoms with Gasteiger partial charge in [-0.1, -0.05) is 0 Å². The fraction of sp³-hybridized carbons (Fsp3) is 0.750. The third-order valence-electron chi connectivity index (χ3n) is 7.32. The Hall–Kier alpha value is -1.48. The number of ether oxygens (including phenoxy) is 2. The van der Waals surface area contributed by atoms with Crippen LogP contribution in [0.2, 0.25) is 0 Å². The number of hydrogen-bond donors (Lipinski definition) is 1. The Labute approximate surface area is 194 Å². The molecule has 2 aliphatic heterocycles. The number of nitrogens with zero attached hydrogens (tertiary/aromatic N) is 3. The molecular formula is C24H36N4O3S. The van der Waals surface area contributed by atoms with E-state index in [1.807, 2.05) is 13.0 Å². The van der Waals surface area contributed by atoms with Crippen molar-refractivity contribution in [2.45, 2.75) is 89.6 Å². The van der Waals surface area contributed by atoms with Crippen LogP contribution in [0.3, 0.4) is 0 Å². The second kappa shape index (κ2) is 9.41. The molecule has 3 aliphatic rings. The van der Waals surface area contributed by atoms with E-state index in [-0.39, 0.29) is 11.9 Å². The minimum absolute atomic E-state index is 0.0706. The highest BCUT2D eigenvalue weighted by Gasteiger charge is 2.32. The Morgan fingerprint density at radius 2 is 1.75 bits per heavy atom. The van der Waals surface area contributed by atoms with Crippen LogP contribution < -0.4 is 5.32 Å². The molecule has 0 spiro atoms. The van der Waals surface area contributed by atoms with Crippen molar-refractivity contribution in [3.8, 4) is 0 Å². The van der Waals surface area contributed by atoms with Crippen LogP contribution in [0.25, 0.3) is 10.2 Å². The summed E-state index contributed by atoms with van der Waals surface area (Å²) in [5.41, 5.74) is 1.01. The Bertz CT molecular complexity index is 933. The Morgan fingerprint density at radius 3 is 2.44 bits per heavy atom. The summed E-state index contributed by atoms with van der Waals surface area (Å²) in [5.74, 6) is 0.0706. The number of nitrogens with one attached hydrogen (secondary N) is 1. The summed E-state index contributed by atoms with van der Waals surface area (Å²) in [4.78, 5) is 17.6. The zero-order chi connectivity index (χ0) is 22.2. The SMILES string of the molecule is Cc1nn(C2CCOCC2)c2sc(C(=O)NC3CCC(N4CC(C)OC(C)C4)CC3)cc12. The molecule has 2 atom stereocenters. The molecule has 0 aromatic carbocycles. The second-order valence-corrected chi connectivity index (χ2v) is 10.9. The van der Waals surface area contributed by atoms with Crippen LogP contribution in [0.15, 0.2) is 6.07 Å². The maximum Gasteiger partial charge on any atom is 0.261 e. The first-order valence-electron chi connectivity index (χ1n) is 12.2. The van der Waals surface area contributed by atoms with E-state index in [0.29, 0.717) is 24.3 Å². The molecule has 2 aromatic rings. The summed E-state index contributed by atoms with van der Waals surface area (Å²) in [6, 6.07) is 3.30. The number of rotatable bonds is 4. The van der Waals surface area contributed by atoms with Crippen molar-refractivity contribution in [1.82, 2.24) is 20.0 Å². The first-order valence-corrected chi connectivity index (χ1v) is 13.1. The highest BCUT2D eigenvalue weighted by atomic mass is 32.1. The van der Waals surface area contributed by atoms with E-state index in [9.17, 15) is 4.79 Å². The summed E-state index contributed by atoms with van der Waals surface area (Å²) in [5, 5.41) is 9.22. The van der Waals surface area contributed by atoms with E-state index in [0.717, 1.165) is 85.6 Å². The molecular weight excluding hydrogens is 424 g/mol. The van der Waals surface area contributed by atoms with E-state index in [2.05, 4.69) is 28.7 Å². The number of carbonyl (C=O) groups is 1. The van der Waals surface area contributed by atoms with Crippen LogP contribution in [-0.4, -0.2) is 71.2 Å². The first kappa shape index (κ1) is 22.3. The second-order valence-electron chi connectivity index (χ2n) is 9.89. The fourth-order valence-corrected chi connectivity index (χ4v) is 6.86. The highest BCUT2D eigenvalue weighted by Crippen LogP contribution is 2.33. The minimum Gasteiger partial charge on any atom is -0.381 e. The van der Waals surface area contributed by atoms with Gasteiger partial charge in [0.25, 0.3) is 5.91 Å². The van der Waals surface area contributed by atoms with Gasteiger partial charge in [0.1, 0.15) is 4.83 Å². The van der Waals surface area contributed by atoms with Crippen molar-refractivity contribution in [2.75, 3.05) is 26.3 Å². The average Bonchev–Trinajstić information content (AvgIpc) is 3.35. The lowest BCUT2D eigenvalue weighted by Crippen LogP contribution is -2.52. The standard InChI is InChI=1S/C24H36N4O3S/c1-15-13-27(14-16(2)31-15)19-6-4-18(5-7-19)25-23(29)22-12-21-17(3)26-28(24(21)32-22)20-8-10-30-11-9-20/h12,15-16,18-20H,4-11,13-14H2,1-3H3,(H,25,29). The van der Waals surface area contributed by atoms with Crippen LogP contribution in [0.4, 0.5) is 0 Å². The lowest BCUT2D eigenvalue weighted by molar-refractivity contribution is -0.0845. The van der Waals surface area contributed by atoms with Crippen LogP contribution >= 0.6 is 11.3 Å². The maximum atomic E-state index is 13.1. The largest absolute Gasteiger partial charge is 0.381 e. The summed E-state index contributed by atoms with van der Waals surface area (Å²) >= 11 is 1.58. The molecule has 8 heteroatoms. The number of aromatic nitrogens is 2. The number of hydrogen-bond acceptors (Lipinski definition) is 6. The van der Waals surface area contributed by atoms with Gasteiger partial charge in [0.15, 0.2) is 0 Å². The molecule has 4 heterocycles. The summed E-state index contributed by atoms with van der Waals surface area (Å²) < 4.78 is 13.6. The lowest BCUT2D eigenvalue weighted by Gasteiger charge is -2.42. The van der Waals surface area contributed by atoms with Gasteiger partial charge >= 0.3 is 0 Å². The van der Waals surface area contributed by atoms with Gasteiger partial charge in [0, 0.05) is 43.8 Å². The summed E-state index contributed by atoms with van der Waals surface area (Å²) in [7, 11) is 0. The van der Waals surface area contributed by atoms with Crippen LogP contribution in [0.1, 0.15) is 73.8 Å². The van der Waals surface area contributed by atoms with Gasteiger partial charge < -0.3 is 14.8 Å². The third kappa shape index (κ3) is 4.60. The van der Waals surface area contributed by atoms with Crippen molar-refractivity contribution >= 4 is 27.5 Å². The monoisotopic (exact) mass is 460 g/mol. The number of morpholine rings is 1. The molecule has 1 amide bonds. The van der Waals surface area contributed by atoms with Gasteiger partial charge in [-0.25, -0.2) is 0 Å². The van der Waals surface area contributed by atoms with E-state index < -0.39 is 0 Å². The molecule has 3 fully saturated rings. The molecule has 2 saturated heterocycles. The average molecular weight is 461 g/mol. The number of thiophene rings is 1. The number of aryl methyl sites for hydroxylation is 1. The van der Waals surface area contributed by atoms with Crippen molar-refractivity contribution in [3.05, 3.63) is 16.6 Å². The molecule has 1 aliphatic carbocycles. The fourth-order valence-electron chi connectivity index (χ4n) is 5.72. The third-order valence-corrected chi connectivity index (χ3v) is 8.45. The molecule has 1 N–H and O–H groups in total.